The van der Waals surface area contributed by atoms with Crippen LogP contribution >= 0.6 is 23.1 Å². The molecule has 2 aromatic heterocycles. The van der Waals surface area contributed by atoms with Crippen LogP contribution in [0.2, 0.25) is 0 Å². The summed E-state index contributed by atoms with van der Waals surface area (Å²) in [7, 11) is 0. The van der Waals surface area contributed by atoms with E-state index in [0.717, 1.165) is 53.8 Å². The van der Waals surface area contributed by atoms with Crippen LogP contribution in [-0.2, 0) is 17.6 Å². The molecule has 2 N–H and O–H groups in total. The molecule has 2 aliphatic rings. The van der Waals surface area contributed by atoms with E-state index in [4.69, 9.17) is 0 Å². The molecule has 150 valence electrons. The van der Waals surface area contributed by atoms with E-state index in [0.29, 0.717) is 0 Å². The predicted octanol–water partition coefficient (Wildman–Crippen LogP) is 4.21. The second kappa shape index (κ2) is 8.78. The van der Waals surface area contributed by atoms with Crippen LogP contribution in [0.25, 0.3) is 10.2 Å². The molecule has 0 unspecified atom stereocenters. The van der Waals surface area contributed by atoms with Gasteiger partial charge in [-0.25, -0.2) is 14.8 Å². The van der Waals surface area contributed by atoms with E-state index >= 15 is 0 Å². The third-order valence-electron chi connectivity index (χ3n) is 5.55. The summed E-state index contributed by atoms with van der Waals surface area (Å²) in [6.07, 6.45) is 11.7. The molecule has 3 amide bonds. The summed E-state index contributed by atoms with van der Waals surface area (Å²) in [5.74, 6) is -0.283. The molecule has 6 nitrogen and oxygen atoms in total. The first kappa shape index (κ1) is 19.6. The van der Waals surface area contributed by atoms with Crippen LogP contribution in [0.4, 0.5) is 4.79 Å². The van der Waals surface area contributed by atoms with Gasteiger partial charge in [-0.15, -0.1) is 11.3 Å². The summed E-state index contributed by atoms with van der Waals surface area (Å²) < 4.78 is 0. The number of imide groups is 1. The minimum absolute atomic E-state index is 0.184. The van der Waals surface area contributed by atoms with Crippen LogP contribution in [0.3, 0.4) is 0 Å². The van der Waals surface area contributed by atoms with Crippen molar-refractivity contribution < 1.29 is 9.59 Å². The number of urea groups is 1. The lowest BCUT2D eigenvalue weighted by Crippen LogP contribution is -2.47. The summed E-state index contributed by atoms with van der Waals surface area (Å²) in [6.45, 7) is 1.82. The Balaban J connectivity index is 1.41. The number of thioether (sulfide) groups is 1. The Morgan fingerprint density at radius 3 is 2.75 bits per heavy atom. The van der Waals surface area contributed by atoms with Crippen molar-refractivity contribution >= 4 is 45.3 Å². The first-order valence-electron chi connectivity index (χ1n) is 10.1. The Bertz CT molecular complexity index is 876. The predicted molar refractivity (Wildman–Crippen MR) is 113 cm³/mol. The van der Waals surface area contributed by atoms with Crippen molar-refractivity contribution in [2.24, 2.45) is 0 Å². The maximum Gasteiger partial charge on any atom is 0.321 e. The molecule has 1 fully saturated rings. The molecular formula is C20H26N4O2S2. The largest absolute Gasteiger partial charge is 0.335 e. The van der Waals surface area contributed by atoms with Crippen LogP contribution in [0.5, 0.6) is 0 Å². The highest BCUT2D eigenvalue weighted by Crippen LogP contribution is 2.40. The number of amides is 3. The molecule has 28 heavy (non-hydrogen) atoms. The van der Waals surface area contributed by atoms with Gasteiger partial charge in [-0.1, -0.05) is 31.0 Å². The Kier molecular flexibility index (Phi) is 6.16. The molecule has 0 aliphatic heterocycles. The van der Waals surface area contributed by atoms with E-state index in [2.05, 4.69) is 20.6 Å². The number of hydrogen-bond acceptors (Lipinski definition) is 6. The van der Waals surface area contributed by atoms with E-state index in [1.165, 1.54) is 41.5 Å². The van der Waals surface area contributed by atoms with E-state index in [-0.39, 0.29) is 18.0 Å². The van der Waals surface area contributed by atoms with E-state index in [1.807, 2.05) is 6.92 Å². The summed E-state index contributed by atoms with van der Waals surface area (Å²) in [4.78, 5) is 36.0. The van der Waals surface area contributed by atoms with Crippen LogP contribution in [-0.4, -0.2) is 33.2 Å². The fourth-order valence-corrected chi connectivity index (χ4v) is 6.29. The highest BCUT2D eigenvalue weighted by molar-refractivity contribution is 8.00. The molecule has 4 rings (SSSR count). The fourth-order valence-electron chi connectivity index (χ4n) is 4.05. The average Bonchev–Trinajstić information content (AvgIpc) is 3.08. The second-order valence-electron chi connectivity index (χ2n) is 7.63. The number of aryl methyl sites for hydroxylation is 2. The van der Waals surface area contributed by atoms with Crippen LogP contribution in [0, 0.1) is 0 Å². The van der Waals surface area contributed by atoms with Gasteiger partial charge in [0.05, 0.1) is 5.25 Å². The van der Waals surface area contributed by atoms with Gasteiger partial charge in [0, 0.05) is 16.3 Å². The number of aromatic nitrogens is 2. The zero-order valence-corrected chi connectivity index (χ0v) is 17.8. The van der Waals surface area contributed by atoms with Crippen molar-refractivity contribution in [3.8, 4) is 0 Å². The molecule has 0 radical (unpaired) electrons. The number of nitrogens with zero attached hydrogens (tertiary/aromatic N) is 2. The fraction of sp³-hybridized carbons (Fsp3) is 0.600. The minimum atomic E-state index is -0.408. The molecular weight excluding hydrogens is 392 g/mol. The smallest absolute Gasteiger partial charge is 0.321 e. The van der Waals surface area contributed by atoms with Gasteiger partial charge in [0.2, 0.25) is 5.91 Å². The number of carbonyl (C=O) groups excluding carboxylic acids is 2. The minimum Gasteiger partial charge on any atom is -0.335 e. The monoisotopic (exact) mass is 418 g/mol. The second-order valence-corrected chi connectivity index (χ2v) is 10.0. The lowest BCUT2D eigenvalue weighted by molar-refractivity contribution is -0.119. The SMILES string of the molecule is C[C@H](Sc1ncnc2sc3c(c12)CCCC3)C(=O)NC(=O)NC1CCCCC1. The van der Waals surface area contributed by atoms with Gasteiger partial charge in [0.25, 0.3) is 0 Å². The summed E-state index contributed by atoms with van der Waals surface area (Å²) in [5.41, 5.74) is 1.36. The van der Waals surface area contributed by atoms with Gasteiger partial charge in [-0.2, -0.15) is 0 Å². The van der Waals surface area contributed by atoms with Gasteiger partial charge >= 0.3 is 6.03 Å². The molecule has 2 aromatic rings. The van der Waals surface area contributed by atoms with Gasteiger partial charge in [-0.05, 0) is 51.0 Å². The number of thiophene rings is 1. The maximum atomic E-state index is 12.5. The first-order valence-corrected chi connectivity index (χ1v) is 11.8. The van der Waals surface area contributed by atoms with Crippen LogP contribution in [0.15, 0.2) is 11.4 Å². The summed E-state index contributed by atoms with van der Waals surface area (Å²) >= 11 is 3.16. The number of nitrogens with one attached hydrogen (secondary N) is 2. The molecule has 2 aliphatic carbocycles. The molecule has 2 heterocycles. The first-order chi connectivity index (χ1) is 13.6. The van der Waals surface area contributed by atoms with Crippen molar-refractivity contribution in [3.63, 3.8) is 0 Å². The van der Waals surface area contributed by atoms with Gasteiger partial charge < -0.3 is 5.32 Å². The van der Waals surface area contributed by atoms with Crippen molar-refractivity contribution in [3.05, 3.63) is 16.8 Å². The molecule has 1 atom stereocenters. The van der Waals surface area contributed by atoms with Crippen LogP contribution < -0.4 is 10.6 Å². The van der Waals surface area contributed by atoms with Crippen molar-refractivity contribution in [1.82, 2.24) is 20.6 Å². The molecule has 0 spiro atoms. The molecule has 0 aromatic carbocycles. The third kappa shape index (κ3) is 4.33. The Morgan fingerprint density at radius 1 is 1.14 bits per heavy atom. The topological polar surface area (TPSA) is 84.0 Å². The van der Waals surface area contributed by atoms with Crippen molar-refractivity contribution in [1.29, 1.82) is 0 Å². The number of carbonyl (C=O) groups is 2. The molecule has 0 saturated heterocycles. The summed E-state index contributed by atoms with van der Waals surface area (Å²) in [6, 6.07) is -0.201. The van der Waals surface area contributed by atoms with Gasteiger partial charge in [0.15, 0.2) is 0 Å². The maximum absolute atomic E-state index is 12.5. The van der Waals surface area contributed by atoms with E-state index in [9.17, 15) is 9.59 Å². The van der Waals surface area contributed by atoms with E-state index in [1.54, 1.807) is 17.7 Å². The van der Waals surface area contributed by atoms with Crippen LogP contribution in [0.1, 0.15) is 62.3 Å². The quantitative estimate of drug-likeness (QED) is 0.574. The Morgan fingerprint density at radius 2 is 1.93 bits per heavy atom. The Labute approximate surface area is 173 Å². The van der Waals surface area contributed by atoms with Crippen molar-refractivity contribution in [2.75, 3.05) is 0 Å². The molecule has 8 heteroatoms. The number of hydrogen-bond donors (Lipinski definition) is 2. The zero-order chi connectivity index (χ0) is 19.5. The number of rotatable bonds is 4. The average molecular weight is 419 g/mol. The standard InChI is InChI=1S/C20H26N4O2S2/c1-12(17(25)24-20(26)23-13-7-3-2-4-8-13)27-18-16-14-9-5-6-10-15(14)28-19(16)22-11-21-18/h11-13H,2-10H2,1H3,(H2,23,24,25,26)/t12-/m0/s1. The highest BCUT2D eigenvalue weighted by atomic mass is 32.2. The summed E-state index contributed by atoms with van der Waals surface area (Å²) in [5, 5.41) is 6.98. The Hall–Kier alpha value is -1.67. The lowest BCUT2D eigenvalue weighted by Gasteiger charge is -2.23. The van der Waals surface area contributed by atoms with Crippen molar-refractivity contribution in [2.45, 2.75) is 81.0 Å². The normalized spacial score (nSPS) is 18.5. The third-order valence-corrected chi connectivity index (χ3v) is 7.85. The van der Waals surface area contributed by atoms with Gasteiger partial charge in [-0.3, -0.25) is 10.1 Å². The van der Waals surface area contributed by atoms with E-state index < -0.39 is 5.25 Å². The lowest BCUT2D eigenvalue weighted by atomic mass is 9.96. The zero-order valence-electron chi connectivity index (χ0n) is 16.1. The molecule has 0 bridgehead atoms. The highest BCUT2D eigenvalue weighted by Gasteiger charge is 2.24. The number of fused-ring (bicyclic) bond motifs is 3. The molecule has 1 saturated carbocycles. The van der Waals surface area contributed by atoms with Gasteiger partial charge in [0.1, 0.15) is 16.2 Å².